The quantitative estimate of drug-likeness (QED) is 0.544. The van der Waals surface area contributed by atoms with Crippen LogP contribution in [0.1, 0.15) is 94.9 Å². The minimum absolute atomic E-state index is 0.0654. The van der Waals surface area contributed by atoms with E-state index in [9.17, 15) is 4.79 Å². The number of hydrogen-bond acceptors (Lipinski definition) is 1. The smallest absolute Gasteiger partial charge is 0.193 e. The highest BCUT2D eigenvalue weighted by Gasteiger charge is 2.25. The topological polar surface area (TPSA) is 17.1 Å². The maximum Gasteiger partial charge on any atom is 0.193 e. The van der Waals surface area contributed by atoms with Crippen molar-refractivity contribution in [2.75, 3.05) is 0 Å². The molecule has 0 fully saturated rings. The van der Waals surface area contributed by atoms with Gasteiger partial charge in [-0.05, 0) is 32.9 Å². The fraction of sp³-hybridized carbons (Fsp3) is 0.480. The summed E-state index contributed by atoms with van der Waals surface area (Å²) >= 11 is 0. The summed E-state index contributed by atoms with van der Waals surface area (Å²) in [5.74, 6) is 0.107. The van der Waals surface area contributed by atoms with E-state index in [0.29, 0.717) is 0 Å². The summed E-state index contributed by atoms with van der Waals surface area (Å²) in [5.41, 5.74) is 5.27. The molecule has 0 heterocycles. The zero-order valence-corrected chi connectivity index (χ0v) is 17.9. The van der Waals surface area contributed by atoms with Crippen LogP contribution in [0.25, 0.3) is 0 Å². The molecule has 140 valence electrons. The van der Waals surface area contributed by atoms with E-state index in [1.807, 2.05) is 18.2 Å². The summed E-state index contributed by atoms with van der Waals surface area (Å²) in [7, 11) is 0. The molecule has 0 atom stereocenters. The molecule has 0 spiro atoms. The minimum atomic E-state index is -0.0857. The van der Waals surface area contributed by atoms with Crippen LogP contribution in [-0.4, -0.2) is 5.78 Å². The molecule has 2 aromatic rings. The fourth-order valence-corrected chi connectivity index (χ4v) is 3.11. The largest absolute Gasteiger partial charge is 0.289 e. The van der Waals surface area contributed by atoms with Gasteiger partial charge in [-0.3, -0.25) is 4.79 Å². The Morgan fingerprint density at radius 3 is 1.50 bits per heavy atom. The second-order valence-electron chi connectivity index (χ2n) is 10.4. The van der Waals surface area contributed by atoms with Crippen LogP contribution >= 0.6 is 0 Å². The molecule has 0 amide bonds. The van der Waals surface area contributed by atoms with Crippen LogP contribution in [0.15, 0.2) is 42.5 Å². The van der Waals surface area contributed by atoms with Gasteiger partial charge < -0.3 is 0 Å². The summed E-state index contributed by atoms with van der Waals surface area (Å²) in [4.78, 5) is 13.2. The van der Waals surface area contributed by atoms with Crippen molar-refractivity contribution >= 4 is 5.78 Å². The van der Waals surface area contributed by atoms with Gasteiger partial charge in [0.15, 0.2) is 5.78 Å². The van der Waals surface area contributed by atoms with Crippen LogP contribution < -0.4 is 0 Å². The molecule has 0 unspecified atom stereocenters. The highest BCUT2D eigenvalue weighted by atomic mass is 16.1. The van der Waals surface area contributed by atoms with E-state index in [-0.39, 0.29) is 22.0 Å². The third-order valence-corrected chi connectivity index (χ3v) is 4.95. The number of carbonyl (C=O) groups excluding carboxylic acids is 1. The first-order valence-electron chi connectivity index (χ1n) is 9.51. The number of hydrogen-bond donors (Lipinski definition) is 0. The summed E-state index contributed by atoms with van der Waals surface area (Å²) in [6.07, 6.45) is 0. The van der Waals surface area contributed by atoms with Crippen molar-refractivity contribution in [1.29, 1.82) is 0 Å². The van der Waals surface area contributed by atoms with E-state index in [4.69, 9.17) is 0 Å². The highest BCUT2D eigenvalue weighted by Crippen LogP contribution is 2.33. The Labute approximate surface area is 159 Å². The summed E-state index contributed by atoms with van der Waals surface area (Å²) in [6, 6.07) is 14.4. The predicted molar refractivity (Wildman–Crippen MR) is 112 cm³/mol. The molecule has 1 nitrogen and oxygen atoms in total. The molecule has 0 N–H and O–H groups in total. The normalized spacial score (nSPS) is 13.0. The predicted octanol–water partition coefficient (Wildman–Crippen LogP) is 6.81. The van der Waals surface area contributed by atoms with Gasteiger partial charge in [0.25, 0.3) is 0 Å². The molecule has 0 aliphatic rings. The van der Waals surface area contributed by atoms with Gasteiger partial charge in [0, 0.05) is 11.1 Å². The molecule has 0 bridgehead atoms. The average molecular weight is 351 g/mol. The van der Waals surface area contributed by atoms with Crippen LogP contribution in [0.3, 0.4) is 0 Å². The second-order valence-corrected chi connectivity index (χ2v) is 10.4. The Bertz CT molecular complexity index is 788. The highest BCUT2D eigenvalue weighted by molar-refractivity contribution is 6.10. The summed E-state index contributed by atoms with van der Waals surface area (Å²) in [5, 5.41) is 0. The van der Waals surface area contributed by atoms with Crippen molar-refractivity contribution in [3.63, 3.8) is 0 Å². The zero-order chi connectivity index (χ0) is 19.9. The zero-order valence-electron chi connectivity index (χ0n) is 17.9. The van der Waals surface area contributed by atoms with Crippen LogP contribution in [-0.2, 0) is 16.2 Å². The van der Waals surface area contributed by atoms with Crippen molar-refractivity contribution in [2.24, 2.45) is 0 Å². The second kappa shape index (κ2) is 6.68. The Balaban J connectivity index is 2.52. The molecule has 0 aliphatic carbocycles. The van der Waals surface area contributed by atoms with Gasteiger partial charge in [-0.25, -0.2) is 0 Å². The molecule has 0 saturated heterocycles. The first-order valence-corrected chi connectivity index (χ1v) is 9.51. The lowest BCUT2D eigenvalue weighted by Crippen LogP contribution is -2.20. The molecule has 0 saturated carbocycles. The maximum atomic E-state index is 13.2. The number of carbonyl (C=O) groups is 1. The van der Waals surface area contributed by atoms with Crippen LogP contribution in [0.2, 0.25) is 0 Å². The van der Waals surface area contributed by atoms with Crippen molar-refractivity contribution in [1.82, 2.24) is 0 Å². The standard InChI is InChI=1S/C25H34O/c1-23(2,3)18-12-10-17(11-13-18)22(26)20-15-14-19(24(4,5)6)16-21(20)25(7,8)9/h10-16H,1-9H3. The fourth-order valence-electron chi connectivity index (χ4n) is 3.11. The molecular weight excluding hydrogens is 316 g/mol. The Morgan fingerprint density at radius 1 is 0.615 bits per heavy atom. The molecule has 0 aromatic heterocycles. The SMILES string of the molecule is CC(C)(C)c1ccc(C(=O)c2ccc(C(C)(C)C)cc2C(C)(C)C)cc1. The van der Waals surface area contributed by atoms with E-state index in [2.05, 4.69) is 86.6 Å². The third-order valence-electron chi connectivity index (χ3n) is 4.95. The van der Waals surface area contributed by atoms with Gasteiger partial charge in [0.1, 0.15) is 0 Å². The van der Waals surface area contributed by atoms with Crippen molar-refractivity contribution < 1.29 is 4.79 Å². The lowest BCUT2D eigenvalue weighted by atomic mass is 9.77. The Morgan fingerprint density at radius 2 is 1.08 bits per heavy atom. The first-order chi connectivity index (χ1) is 11.7. The monoisotopic (exact) mass is 350 g/mol. The number of rotatable bonds is 2. The van der Waals surface area contributed by atoms with E-state index >= 15 is 0 Å². The van der Waals surface area contributed by atoms with Crippen LogP contribution in [0.5, 0.6) is 0 Å². The lowest BCUT2D eigenvalue weighted by Gasteiger charge is -2.27. The Hall–Kier alpha value is -1.89. The third kappa shape index (κ3) is 4.44. The molecule has 1 heteroatoms. The van der Waals surface area contributed by atoms with Crippen molar-refractivity contribution in [3.8, 4) is 0 Å². The number of benzene rings is 2. The van der Waals surface area contributed by atoms with Crippen LogP contribution in [0.4, 0.5) is 0 Å². The lowest BCUT2D eigenvalue weighted by molar-refractivity contribution is 0.103. The van der Waals surface area contributed by atoms with Gasteiger partial charge in [-0.15, -0.1) is 0 Å². The maximum absolute atomic E-state index is 13.2. The summed E-state index contributed by atoms with van der Waals surface area (Å²) in [6.45, 7) is 19.7. The van der Waals surface area contributed by atoms with E-state index in [1.165, 1.54) is 11.1 Å². The molecule has 2 rings (SSSR count). The molecule has 0 radical (unpaired) electrons. The van der Waals surface area contributed by atoms with Crippen molar-refractivity contribution in [3.05, 3.63) is 70.3 Å². The molecule has 0 aliphatic heterocycles. The number of ketones is 1. The molecular formula is C25H34O. The van der Waals surface area contributed by atoms with E-state index in [0.717, 1.165) is 16.7 Å². The van der Waals surface area contributed by atoms with Gasteiger partial charge in [0.2, 0.25) is 0 Å². The molecule has 26 heavy (non-hydrogen) atoms. The molecule has 2 aromatic carbocycles. The summed E-state index contributed by atoms with van der Waals surface area (Å²) < 4.78 is 0. The van der Waals surface area contributed by atoms with E-state index < -0.39 is 0 Å². The Kier molecular flexibility index (Phi) is 5.25. The van der Waals surface area contributed by atoms with Gasteiger partial charge in [0.05, 0.1) is 0 Å². The van der Waals surface area contributed by atoms with E-state index in [1.54, 1.807) is 0 Å². The average Bonchev–Trinajstić information content (AvgIpc) is 2.51. The van der Waals surface area contributed by atoms with Crippen molar-refractivity contribution in [2.45, 2.75) is 78.6 Å². The minimum Gasteiger partial charge on any atom is -0.289 e. The van der Waals surface area contributed by atoms with Gasteiger partial charge >= 0.3 is 0 Å². The van der Waals surface area contributed by atoms with Gasteiger partial charge in [-0.1, -0.05) is 105 Å². The first kappa shape index (κ1) is 20.4. The van der Waals surface area contributed by atoms with Gasteiger partial charge in [-0.2, -0.15) is 0 Å². The van der Waals surface area contributed by atoms with Crippen LogP contribution in [0, 0.1) is 0 Å².